The topological polar surface area (TPSA) is 20.3 Å². The Morgan fingerprint density at radius 1 is 0.923 bits per heavy atom. The second-order valence-electron chi connectivity index (χ2n) is 7.76. The summed E-state index contributed by atoms with van der Waals surface area (Å²) in [6.07, 6.45) is 2.93. The van der Waals surface area contributed by atoms with Crippen molar-refractivity contribution in [1.29, 1.82) is 0 Å². The maximum atomic E-state index is 13.6. The van der Waals surface area contributed by atoms with E-state index in [4.69, 9.17) is 0 Å². The highest BCUT2D eigenvalue weighted by atomic mass is 16.2. The van der Waals surface area contributed by atoms with Crippen molar-refractivity contribution in [2.24, 2.45) is 11.3 Å². The van der Waals surface area contributed by atoms with Gasteiger partial charge < -0.3 is 4.90 Å². The Balaban J connectivity index is 2.27. The Morgan fingerprint density at radius 2 is 1.38 bits per heavy atom. The van der Waals surface area contributed by atoms with E-state index in [0.29, 0.717) is 19.0 Å². The molecule has 0 radical (unpaired) electrons. The molecule has 2 nitrogen and oxygen atoms in total. The molecule has 0 spiro atoms. The minimum absolute atomic E-state index is 0.271. The number of benzene rings is 2. The van der Waals surface area contributed by atoms with Crippen LogP contribution in [0.5, 0.6) is 0 Å². The molecule has 2 aromatic rings. The summed E-state index contributed by atoms with van der Waals surface area (Å²) in [6.45, 7) is 10.1. The summed E-state index contributed by atoms with van der Waals surface area (Å²) in [5.74, 6) is 0.826. The fourth-order valence-corrected chi connectivity index (χ4v) is 3.49. The monoisotopic (exact) mass is 351 g/mol. The third-order valence-electron chi connectivity index (χ3n) is 5.51. The summed E-state index contributed by atoms with van der Waals surface area (Å²) in [5.41, 5.74) is 2.05. The maximum absolute atomic E-state index is 13.6. The van der Waals surface area contributed by atoms with Gasteiger partial charge in [0.2, 0.25) is 5.91 Å². The highest BCUT2D eigenvalue weighted by molar-refractivity contribution is 5.82. The lowest BCUT2D eigenvalue weighted by molar-refractivity contribution is -0.144. The van der Waals surface area contributed by atoms with Gasteiger partial charge in [0.05, 0.1) is 0 Å². The first-order chi connectivity index (χ1) is 12.5. The van der Waals surface area contributed by atoms with Crippen molar-refractivity contribution in [3.63, 3.8) is 0 Å². The van der Waals surface area contributed by atoms with Crippen molar-refractivity contribution in [3.8, 4) is 0 Å². The number of hydrogen-bond donors (Lipinski definition) is 0. The van der Waals surface area contributed by atoms with Gasteiger partial charge in [-0.15, -0.1) is 0 Å². The van der Waals surface area contributed by atoms with Gasteiger partial charge >= 0.3 is 0 Å². The average Bonchev–Trinajstić information content (AvgIpc) is 2.68. The van der Waals surface area contributed by atoms with Crippen LogP contribution in [0.15, 0.2) is 60.7 Å². The van der Waals surface area contributed by atoms with Crippen molar-refractivity contribution in [2.45, 2.75) is 60.0 Å². The number of rotatable bonds is 9. The van der Waals surface area contributed by atoms with Crippen LogP contribution < -0.4 is 0 Å². The van der Waals surface area contributed by atoms with Gasteiger partial charge in [0.15, 0.2) is 0 Å². The van der Waals surface area contributed by atoms with E-state index >= 15 is 0 Å². The van der Waals surface area contributed by atoms with Crippen LogP contribution in [0.1, 0.15) is 58.1 Å². The molecule has 0 aliphatic heterocycles. The van der Waals surface area contributed by atoms with E-state index in [1.165, 1.54) is 11.1 Å². The first-order valence-corrected chi connectivity index (χ1v) is 9.85. The van der Waals surface area contributed by atoms with Crippen LogP contribution in [0.4, 0.5) is 0 Å². The molecule has 1 amide bonds. The second-order valence-corrected chi connectivity index (χ2v) is 7.76. The SMILES string of the molecule is CCC(C)CC(C)(CC)C(=O)N(Cc1ccccc1)Cc1ccccc1. The number of amides is 1. The molecule has 26 heavy (non-hydrogen) atoms. The third kappa shape index (κ3) is 5.45. The van der Waals surface area contributed by atoms with Gasteiger partial charge in [0.1, 0.15) is 0 Å². The van der Waals surface area contributed by atoms with Crippen LogP contribution in [-0.2, 0) is 17.9 Å². The van der Waals surface area contributed by atoms with Crippen LogP contribution >= 0.6 is 0 Å². The molecule has 2 aromatic carbocycles. The molecule has 0 N–H and O–H groups in total. The molecule has 0 heterocycles. The van der Waals surface area contributed by atoms with Gasteiger partial charge in [-0.25, -0.2) is 0 Å². The highest BCUT2D eigenvalue weighted by Gasteiger charge is 2.36. The Labute approximate surface area is 159 Å². The number of carbonyl (C=O) groups excluding carboxylic acids is 1. The number of hydrogen-bond acceptors (Lipinski definition) is 1. The largest absolute Gasteiger partial charge is 0.334 e. The molecule has 140 valence electrons. The number of carbonyl (C=O) groups is 1. The first-order valence-electron chi connectivity index (χ1n) is 9.85. The Bertz CT molecular complexity index is 626. The smallest absolute Gasteiger partial charge is 0.229 e. The lowest BCUT2D eigenvalue weighted by Crippen LogP contribution is -2.42. The molecule has 0 saturated carbocycles. The minimum atomic E-state index is -0.307. The highest BCUT2D eigenvalue weighted by Crippen LogP contribution is 2.34. The number of nitrogens with zero attached hydrogens (tertiary/aromatic N) is 1. The Kier molecular flexibility index (Phi) is 7.44. The molecule has 0 bridgehead atoms. The summed E-state index contributed by atoms with van der Waals surface area (Å²) in [4.78, 5) is 15.6. The van der Waals surface area contributed by atoms with Crippen LogP contribution in [0.2, 0.25) is 0 Å². The molecule has 2 rings (SSSR count). The van der Waals surface area contributed by atoms with Crippen LogP contribution in [0, 0.1) is 11.3 Å². The van der Waals surface area contributed by atoms with Crippen LogP contribution in [-0.4, -0.2) is 10.8 Å². The molecule has 0 aromatic heterocycles. The fourth-order valence-electron chi connectivity index (χ4n) is 3.49. The van der Waals surface area contributed by atoms with Crippen molar-refractivity contribution >= 4 is 5.91 Å². The predicted octanol–water partition coefficient (Wildman–Crippen LogP) is 6.07. The maximum Gasteiger partial charge on any atom is 0.229 e. The van der Waals surface area contributed by atoms with Crippen LogP contribution in [0.25, 0.3) is 0 Å². The zero-order valence-electron chi connectivity index (χ0n) is 16.7. The molecule has 2 atom stereocenters. The van der Waals surface area contributed by atoms with Crippen LogP contribution in [0.3, 0.4) is 0 Å². The van der Waals surface area contributed by atoms with E-state index in [1.807, 2.05) is 41.3 Å². The van der Waals surface area contributed by atoms with Gasteiger partial charge in [-0.3, -0.25) is 4.79 Å². The summed E-state index contributed by atoms with van der Waals surface area (Å²) in [5, 5.41) is 0. The summed E-state index contributed by atoms with van der Waals surface area (Å²) in [6, 6.07) is 20.6. The molecular weight excluding hydrogens is 318 g/mol. The van der Waals surface area contributed by atoms with Gasteiger partial charge in [-0.05, 0) is 29.9 Å². The van der Waals surface area contributed by atoms with E-state index in [-0.39, 0.29) is 11.3 Å². The summed E-state index contributed by atoms with van der Waals surface area (Å²) < 4.78 is 0. The lowest BCUT2D eigenvalue weighted by atomic mass is 9.77. The summed E-state index contributed by atoms with van der Waals surface area (Å²) >= 11 is 0. The molecule has 0 aliphatic rings. The molecule has 0 saturated heterocycles. The van der Waals surface area contributed by atoms with E-state index in [1.54, 1.807) is 0 Å². The fraction of sp³-hybridized carbons (Fsp3) is 0.458. The molecule has 2 heteroatoms. The van der Waals surface area contributed by atoms with E-state index < -0.39 is 0 Å². The zero-order chi connectivity index (χ0) is 19.0. The summed E-state index contributed by atoms with van der Waals surface area (Å²) in [7, 11) is 0. The van der Waals surface area contributed by atoms with Crippen molar-refractivity contribution in [1.82, 2.24) is 4.90 Å². The Morgan fingerprint density at radius 3 is 1.77 bits per heavy atom. The first kappa shape index (κ1) is 20.2. The van der Waals surface area contributed by atoms with E-state index in [2.05, 4.69) is 52.0 Å². The van der Waals surface area contributed by atoms with Gasteiger partial charge in [-0.1, -0.05) is 94.8 Å². The molecule has 2 unspecified atom stereocenters. The molecule has 0 fully saturated rings. The van der Waals surface area contributed by atoms with Crippen molar-refractivity contribution < 1.29 is 4.79 Å². The molecule has 0 aliphatic carbocycles. The standard InChI is InChI=1S/C24H33NO/c1-5-20(3)17-24(4,6-2)23(26)25(18-21-13-9-7-10-14-21)19-22-15-11-8-12-16-22/h7-16,20H,5-6,17-19H2,1-4H3. The van der Waals surface area contributed by atoms with Crippen molar-refractivity contribution in [2.75, 3.05) is 0 Å². The van der Waals surface area contributed by atoms with Crippen molar-refractivity contribution in [3.05, 3.63) is 71.8 Å². The van der Waals surface area contributed by atoms with E-state index in [9.17, 15) is 4.79 Å². The predicted molar refractivity (Wildman–Crippen MR) is 110 cm³/mol. The van der Waals surface area contributed by atoms with Gasteiger partial charge in [-0.2, -0.15) is 0 Å². The van der Waals surface area contributed by atoms with Gasteiger partial charge in [0.25, 0.3) is 0 Å². The molecular formula is C24H33NO. The quantitative estimate of drug-likeness (QED) is 0.537. The normalized spacial score (nSPS) is 14.5. The van der Waals surface area contributed by atoms with Gasteiger partial charge in [0, 0.05) is 18.5 Å². The lowest BCUT2D eigenvalue weighted by Gasteiger charge is -2.36. The zero-order valence-corrected chi connectivity index (χ0v) is 16.7. The third-order valence-corrected chi connectivity index (χ3v) is 5.51. The average molecular weight is 352 g/mol. The van der Waals surface area contributed by atoms with E-state index in [0.717, 1.165) is 19.3 Å². The Hall–Kier alpha value is -2.09. The minimum Gasteiger partial charge on any atom is -0.334 e. The second kappa shape index (κ2) is 9.56.